The fraction of sp³-hybridized carbons (Fsp3) is 0.409. The van der Waals surface area contributed by atoms with Gasteiger partial charge in [-0.1, -0.05) is 60.7 Å². The zero-order chi connectivity index (χ0) is 17.1. The minimum Gasteiger partial charge on any atom is -0.381 e. The van der Waals surface area contributed by atoms with Crippen LogP contribution in [0.5, 0.6) is 0 Å². The SMILES string of the molecule is O=C(NC[C@@H]1C[C@@H]1c1ccccc1)C1(c2ccccc2)CCOCC1. The topological polar surface area (TPSA) is 38.3 Å². The summed E-state index contributed by atoms with van der Waals surface area (Å²) in [6, 6.07) is 20.8. The van der Waals surface area contributed by atoms with Crippen LogP contribution in [0.2, 0.25) is 0 Å². The molecule has 1 aliphatic carbocycles. The van der Waals surface area contributed by atoms with Crippen LogP contribution in [-0.4, -0.2) is 25.7 Å². The van der Waals surface area contributed by atoms with Crippen LogP contribution < -0.4 is 5.32 Å². The van der Waals surface area contributed by atoms with E-state index in [1.807, 2.05) is 18.2 Å². The van der Waals surface area contributed by atoms with Gasteiger partial charge in [-0.25, -0.2) is 0 Å². The second kappa shape index (κ2) is 7.01. The van der Waals surface area contributed by atoms with E-state index >= 15 is 0 Å². The fourth-order valence-electron chi connectivity index (χ4n) is 4.10. The van der Waals surface area contributed by atoms with Crippen LogP contribution in [0.25, 0.3) is 0 Å². The summed E-state index contributed by atoms with van der Waals surface area (Å²) in [4.78, 5) is 13.1. The summed E-state index contributed by atoms with van der Waals surface area (Å²) in [5.74, 6) is 1.34. The lowest BCUT2D eigenvalue weighted by molar-refractivity contribution is -0.130. The number of benzene rings is 2. The minimum absolute atomic E-state index is 0.167. The molecule has 1 saturated heterocycles. The Bertz CT molecular complexity index is 707. The molecule has 0 unspecified atom stereocenters. The molecule has 0 bridgehead atoms. The summed E-state index contributed by atoms with van der Waals surface area (Å²) in [6.45, 7) is 2.07. The molecule has 1 amide bonds. The van der Waals surface area contributed by atoms with Crippen molar-refractivity contribution in [1.29, 1.82) is 0 Å². The molecule has 1 saturated carbocycles. The molecule has 0 spiro atoms. The maximum atomic E-state index is 13.1. The van der Waals surface area contributed by atoms with Crippen LogP contribution in [0.1, 0.15) is 36.3 Å². The number of hydrogen-bond donors (Lipinski definition) is 1. The maximum Gasteiger partial charge on any atom is 0.230 e. The summed E-state index contributed by atoms with van der Waals surface area (Å²) in [5, 5.41) is 3.26. The van der Waals surface area contributed by atoms with Crippen molar-refractivity contribution in [2.75, 3.05) is 19.8 Å². The highest BCUT2D eigenvalue weighted by Crippen LogP contribution is 2.47. The molecule has 0 aromatic heterocycles. The van der Waals surface area contributed by atoms with Gasteiger partial charge in [0.05, 0.1) is 5.41 Å². The number of carbonyl (C=O) groups is 1. The van der Waals surface area contributed by atoms with Gasteiger partial charge in [0.15, 0.2) is 0 Å². The largest absolute Gasteiger partial charge is 0.381 e. The maximum absolute atomic E-state index is 13.1. The lowest BCUT2D eigenvalue weighted by atomic mass is 9.73. The van der Waals surface area contributed by atoms with E-state index in [1.54, 1.807) is 0 Å². The lowest BCUT2D eigenvalue weighted by Gasteiger charge is -2.36. The fourth-order valence-corrected chi connectivity index (χ4v) is 4.10. The zero-order valence-corrected chi connectivity index (χ0v) is 14.5. The lowest BCUT2D eigenvalue weighted by Crippen LogP contribution is -2.48. The predicted octanol–water partition coefficient (Wildman–Crippen LogP) is 3.65. The molecule has 25 heavy (non-hydrogen) atoms. The Hall–Kier alpha value is -2.13. The van der Waals surface area contributed by atoms with Crippen molar-refractivity contribution in [3.8, 4) is 0 Å². The third-order valence-electron chi connectivity index (χ3n) is 5.78. The summed E-state index contributed by atoms with van der Waals surface area (Å²) in [6.07, 6.45) is 2.69. The first kappa shape index (κ1) is 16.3. The number of rotatable bonds is 5. The first-order chi connectivity index (χ1) is 12.3. The number of amides is 1. The first-order valence-electron chi connectivity index (χ1n) is 9.26. The Balaban J connectivity index is 1.42. The van der Waals surface area contributed by atoms with Gasteiger partial charge < -0.3 is 10.1 Å². The molecule has 130 valence electrons. The van der Waals surface area contributed by atoms with Gasteiger partial charge in [0, 0.05) is 19.8 Å². The molecule has 2 atom stereocenters. The van der Waals surface area contributed by atoms with E-state index < -0.39 is 5.41 Å². The van der Waals surface area contributed by atoms with E-state index in [4.69, 9.17) is 4.74 Å². The molecule has 4 rings (SSSR count). The van der Waals surface area contributed by atoms with Crippen LogP contribution in [0.4, 0.5) is 0 Å². The van der Waals surface area contributed by atoms with Crippen LogP contribution in [0.3, 0.4) is 0 Å². The zero-order valence-electron chi connectivity index (χ0n) is 14.5. The molecular formula is C22H25NO2. The van der Waals surface area contributed by atoms with Crippen molar-refractivity contribution in [2.24, 2.45) is 5.92 Å². The highest BCUT2D eigenvalue weighted by molar-refractivity contribution is 5.88. The van der Waals surface area contributed by atoms with Gasteiger partial charge in [0.1, 0.15) is 0 Å². The molecule has 2 aromatic rings. The van der Waals surface area contributed by atoms with Gasteiger partial charge in [0.2, 0.25) is 5.91 Å². The van der Waals surface area contributed by atoms with Gasteiger partial charge in [-0.2, -0.15) is 0 Å². The van der Waals surface area contributed by atoms with Gasteiger partial charge >= 0.3 is 0 Å². The molecule has 2 fully saturated rings. The Morgan fingerprint density at radius 3 is 2.32 bits per heavy atom. The monoisotopic (exact) mass is 335 g/mol. The van der Waals surface area contributed by atoms with Crippen molar-refractivity contribution >= 4 is 5.91 Å². The smallest absolute Gasteiger partial charge is 0.230 e. The number of ether oxygens (including phenoxy) is 1. The van der Waals surface area contributed by atoms with Crippen molar-refractivity contribution in [2.45, 2.75) is 30.6 Å². The molecule has 2 aliphatic rings. The third kappa shape index (κ3) is 3.34. The van der Waals surface area contributed by atoms with Crippen LogP contribution in [0, 0.1) is 5.92 Å². The molecule has 1 N–H and O–H groups in total. The summed E-state index contributed by atoms with van der Waals surface area (Å²) >= 11 is 0. The highest BCUT2D eigenvalue weighted by Gasteiger charge is 2.43. The molecular weight excluding hydrogens is 310 g/mol. The van der Waals surface area contributed by atoms with Gasteiger partial charge in [0.25, 0.3) is 0 Å². The normalized spacial score (nSPS) is 24.5. The molecule has 0 radical (unpaired) electrons. The van der Waals surface area contributed by atoms with E-state index in [0.717, 1.165) is 24.9 Å². The van der Waals surface area contributed by atoms with E-state index in [-0.39, 0.29) is 5.91 Å². The summed E-state index contributed by atoms with van der Waals surface area (Å²) in [5.41, 5.74) is 2.08. The second-order valence-electron chi connectivity index (χ2n) is 7.28. The van der Waals surface area contributed by atoms with Crippen molar-refractivity contribution in [3.05, 3.63) is 71.8 Å². The average Bonchev–Trinajstić information content (AvgIpc) is 3.48. The molecule has 3 nitrogen and oxygen atoms in total. The van der Waals surface area contributed by atoms with E-state index in [1.165, 1.54) is 12.0 Å². The molecule has 3 heteroatoms. The van der Waals surface area contributed by atoms with Crippen molar-refractivity contribution in [3.63, 3.8) is 0 Å². The number of carbonyl (C=O) groups excluding carboxylic acids is 1. The van der Waals surface area contributed by atoms with Gasteiger partial charge in [-0.3, -0.25) is 4.79 Å². The van der Waals surface area contributed by atoms with E-state index in [9.17, 15) is 4.79 Å². The molecule has 2 aromatic carbocycles. The van der Waals surface area contributed by atoms with E-state index in [0.29, 0.717) is 25.0 Å². The highest BCUT2D eigenvalue weighted by atomic mass is 16.5. The standard InChI is InChI=1S/C22H25NO2/c24-21(23-16-18-15-20(18)17-7-3-1-4-8-17)22(11-13-25-14-12-22)19-9-5-2-6-10-19/h1-10,18,20H,11-16H2,(H,23,24)/t18-,20+/m0/s1. The minimum atomic E-state index is -0.434. The average molecular weight is 335 g/mol. The molecule has 1 aliphatic heterocycles. The van der Waals surface area contributed by atoms with Gasteiger partial charge in [-0.05, 0) is 42.2 Å². The second-order valence-corrected chi connectivity index (χ2v) is 7.28. The van der Waals surface area contributed by atoms with Gasteiger partial charge in [-0.15, -0.1) is 0 Å². The summed E-state index contributed by atoms with van der Waals surface area (Å²) in [7, 11) is 0. The third-order valence-corrected chi connectivity index (χ3v) is 5.78. The number of nitrogens with one attached hydrogen (secondary N) is 1. The Labute approximate surface area is 149 Å². The quantitative estimate of drug-likeness (QED) is 0.906. The van der Waals surface area contributed by atoms with Crippen LogP contribution >= 0.6 is 0 Å². The van der Waals surface area contributed by atoms with Crippen molar-refractivity contribution in [1.82, 2.24) is 5.32 Å². The first-order valence-corrected chi connectivity index (χ1v) is 9.26. The Kier molecular flexibility index (Phi) is 4.58. The van der Waals surface area contributed by atoms with Crippen LogP contribution in [0.15, 0.2) is 60.7 Å². The van der Waals surface area contributed by atoms with Crippen molar-refractivity contribution < 1.29 is 9.53 Å². The summed E-state index contributed by atoms with van der Waals surface area (Å²) < 4.78 is 5.53. The van der Waals surface area contributed by atoms with E-state index in [2.05, 4.69) is 47.8 Å². The number of hydrogen-bond acceptors (Lipinski definition) is 2. The predicted molar refractivity (Wildman–Crippen MR) is 98.5 cm³/mol. The van der Waals surface area contributed by atoms with Crippen LogP contribution in [-0.2, 0) is 14.9 Å². The molecule has 1 heterocycles. The Morgan fingerprint density at radius 1 is 1.00 bits per heavy atom. The Morgan fingerprint density at radius 2 is 1.64 bits per heavy atom.